The van der Waals surface area contributed by atoms with Gasteiger partial charge >= 0.3 is 0 Å². The minimum Gasteiger partial charge on any atom is -0.456 e. The fraction of sp³-hybridized carbons (Fsp3) is 0.429. The number of carbonyl (C=O) groups is 1. The molecule has 2 aromatic rings. The molecule has 0 bridgehead atoms. The number of benzene rings is 1. The number of pyridine rings is 1. The molecule has 0 atom stereocenters. The van der Waals surface area contributed by atoms with E-state index in [0.717, 1.165) is 17.3 Å². The van der Waals surface area contributed by atoms with Crippen LogP contribution in [-0.2, 0) is 0 Å². The number of ether oxygens (including phenoxy) is 1. The van der Waals surface area contributed by atoms with Crippen LogP contribution < -0.4 is 15.4 Å². The lowest BCUT2D eigenvalue weighted by Crippen LogP contribution is -2.62. The highest BCUT2D eigenvalue weighted by Crippen LogP contribution is 2.31. The van der Waals surface area contributed by atoms with Crippen LogP contribution in [0.4, 0.5) is 0 Å². The number of amides is 1. The Hall–Kier alpha value is -1.92. The van der Waals surface area contributed by atoms with Crippen LogP contribution in [0.15, 0.2) is 47.2 Å². The first kappa shape index (κ1) is 19.8. The molecule has 5 nitrogen and oxygen atoms in total. The van der Waals surface area contributed by atoms with E-state index in [1.807, 2.05) is 0 Å². The molecule has 1 fully saturated rings. The monoisotopic (exact) mass is 431 g/mol. The third-order valence-corrected chi connectivity index (χ3v) is 5.22. The minimum absolute atomic E-state index is 0.0114. The van der Waals surface area contributed by atoms with E-state index in [0.29, 0.717) is 17.1 Å². The van der Waals surface area contributed by atoms with Crippen LogP contribution in [0.1, 0.15) is 50.9 Å². The molecule has 1 saturated heterocycles. The average Bonchev–Trinajstić information content (AvgIpc) is 2.54. The van der Waals surface area contributed by atoms with E-state index >= 15 is 0 Å². The van der Waals surface area contributed by atoms with Crippen LogP contribution in [0.3, 0.4) is 0 Å². The van der Waals surface area contributed by atoms with Crippen molar-refractivity contribution in [2.45, 2.75) is 57.7 Å². The summed E-state index contributed by atoms with van der Waals surface area (Å²) < 4.78 is 6.56. The highest BCUT2D eigenvalue weighted by Gasteiger charge is 2.38. The highest BCUT2D eigenvalue weighted by molar-refractivity contribution is 9.10. The fourth-order valence-corrected chi connectivity index (χ4v) is 4.41. The van der Waals surface area contributed by atoms with Gasteiger partial charge in [0.1, 0.15) is 11.5 Å². The molecule has 0 spiro atoms. The number of hydrogen-bond donors (Lipinski definition) is 2. The first-order chi connectivity index (χ1) is 12.6. The summed E-state index contributed by atoms with van der Waals surface area (Å²) in [4.78, 5) is 16.7. The van der Waals surface area contributed by atoms with Crippen molar-refractivity contribution in [2.75, 3.05) is 0 Å². The molecule has 6 heteroatoms. The Labute approximate surface area is 169 Å². The van der Waals surface area contributed by atoms with E-state index in [1.165, 1.54) is 0 Å². The van der Waals surface area contributed by atoms with Gasteiger partial charge in [0.05, 0.1) is 4.47 Å². The van der Waals surface area contributed by atoms with Crippen LogP contribution in [0, 0.1) is 0 Å². The summed E-state index contributed by atoms with van der Waals surface area (Å²) in [5, 5.41) is 6.83. The van der Waals surface area contributed by atoms with Gasteiger partial charge in [-0.05, 0) is 86.8 Å². The SMILES string of the molecule is CC1(C)CC(NC(=O)c2ccc(Oc3ccncc3)c(Br)c2)CC(C)(C)N1. The molecular formula is C21H26BrN3O2. The van der Waals surface area contributed by atoms with E-state index in [1.54, 1.807) is 42.7 Å². The number of rotatable bonds is 4. The van der Waals surface area contributed by atoms with Crippen LogP contribution in [0.2, 0.25) is 0 Å². The number of carbonyl (C=O) groups excluding carboxylic acids is 1. The zero-order chi connectivity index (χ0) is 19.7. The van der Waals surface area contributed by atoms with Gasteiger partial charge in [-0.25, -0.2) is 0 Å². The number of halogens is 1. The summed E-state index contributed by atoms with van der Waals surface area (Å²) >= 11 is 3.50. The Morgan fingerprint density at radius 1 is 1.15 bits per heavy atom. The second-order valence-corrected chi connectivity index (χ2v) is 9.26. The van der Waals surface area contributed by atoms with Crippen molar-refractivity contribution in [1.82, 2.24) is 15.6 Å². The van der Waals surface area contributed by atoms with Gasteiger partial charge in [-0.1, -0.05) is 0 Å². The van der Waals surface area contributed by atoms with Crippen molar-refractivity contribution in [3.63, 3.8) is 0 Å². The Balaban J connectivity index is 1.69. The molecule has 0 unspecified atom stereocenters. The second kappa shape index (κ2) is 7.60. The van der Waals surface area contributed by atoms with Crippen LogP contribution in [0.5, 0.6) is 11.5 Å². The summed E-state index contributed by atoms with van der Waals surface area (Å²) in [5.41, 5.74) is 0.587. The number of piperidine rings is 1. The highest BCUT2D eigenvalue weighted by atomic mass is 79.9. The molecule has 1 aromatic heterocycles. The van der Waals surface area contributed by atoms with Crippen molar-refractivity contribution in [2.24, 2.45) is 0 Å². The van der Waals surface area contributed by atoms with Crippen LogP contribution in [0.25, 0.3) is 0 Å². The molecule has 0 aliphatic carbocycles. The topological polar surface area (TPSA) is 63.2 Å². The molecule has 1 aliphatic heterocycles. The smallest absolute Gasteiger partial charge is 0.251 e. The molecule has 1 aromatic carbocycles. The summed E-state index contributed by atoms with van der Waals surface area (Å²) in [6.45, 7) is 8.70. The molecule has 3 rings (SSSR count). The third kappa shape index (κ3) is 5.30. The third-order valence-electron chi connectivity index (χ3n) is 4.60. The lowest BCUT2D eigenvalue weighted by Gasteiger charge is -2.46. The van der Waals surface area contributed by atoms with Gasteiger partial charge in [-0.3, -0.25) is 9.78 Å². The molecule has 0 radical (unpaired) electrons. The zero-order valence-electron chi connectivity index (χ0n) is 16.2. The van der Waals surface area contributed by atoms with Gasteiger partial charge in [-0.2, -0.15) is 0 Å². The van der Waals surface area contributed by atoms with Crippen molar-refractivity contribution < 1.29 is 9.53 Å². The van der Waals surface area contributed by atoms with E-state index in [2.05, 4.69) is 59.2 Å². The number of nitrogens with zero attached hydrogens (tertiary/aromatic N) is 1. The van der Waals surface area contributed by atoms with Crippen molar-refractivity contribution in [1.29, 1.82) is 0 Å². The predicted octanol–water partition coefficient (Wildman–Crippen LogP) is 4.68. The van der Waals surface area contributed by atoms with E-state index < -0.39 is 0 Å². The van der Waals surface area contributed by atoms with E-state index in [4.69, 9.17) is 4.74 Å². The Bertz CT molecular complexity index is 805. The number of nitrogens with one attached hydrogen (secondary N) is 2. The largest absolute Gasteiger partial charge is 0.456 e. The van der Waals surface area contributed by atoms with Gasteiger partial charge in [0.2, 0.25) is 0 Å². The molecule has 1 amide bonds. The standard InChI is InChI=1S/C21H26BrN3O2/c1-20(2)12-15(13-21(3,4)25-20)24-19(26)14-5-6-18(17(22)11-14)27-16-7-9-23-10-8-16/h5-11,15,25H,12-13H2,1-4H3,(H,24,26). The summed E-state index contributed by atoms with van der Waals surface area (Å²) in [6.07, 6.45) is 5.14. The molecule has 144 valence electrons. The van der Waals surface area contributed by atoms with Crippen LogP contribution in [-0.4, -0.2) is 28.0 Å². The first-order valence-electron chi connectivity index (χ1n) is 9.11. The van der Waals surface area contributed by atoms with Gasteiger partial charge in [0.15, 0.2) is 0 Å². The summed E-state index contributed by atoms with van der Waals surface area (Å²) in [6, 6.07) is 9.09. The van der Waals surface area contributed by atoms with E-state index in [-0.39, 0.29) is 23.0 Å². The maximum absolute atomic E-state index is 12.8. The van der Waals surface area contributed by atoms with Gasteiger partial charge in [0, 0.05) is 35.1 Å². The maximum Gasteiger partial charge on any atom is 0.251 e. The fourth-order valence-electron chi connectivity index (χ4n) is 3.95. The molecule has 2 N–H and O–H groups in total. The summed E-state index contributed by atoms with van der Waals surface area (Å²) in [7, 11) is 0. The molecule has 1 aliphatic rings. The van der Waals surface area contributed by atoms with Crippen molar-refractivity contribution >= 4 is 21.8 Å². The normalized spacial score (nSPS) is 18.7. The Kier molecular flexibility index (Phi) is 5.58. The second-order valence-electron chi connectivity index (χ2n) is 8.40. The van der Waals surface area contributed by atoms with Crippen LogP contribution >= 0.6 is 15.9 Å². The predicted molar refractivity (Wildman–Crippen MR) is 110 cm³/mol. The van der Waals surface area contributed by atoms with E-state index in [9.17, 15) is 4.79 Å². The lowest BCUT2D eigenvalue weighted by molar-refractivity contribution is 0.0873. The number of aromatic nitrogens is 1. The molecule has 2 heterocycles. The van der Waals surface area contributed by atoms with Crippen molar-refractivity contribution in [3.8, 4) is 11.5 Å². The average molecular weight is 432 g/mol. The summed E-state index contributed by atoms with van der Waals surface area (Å²) in [5.74, 6) is 1.29. The molecule has 27 heavy (non-hydrogen) atoms. The van der Waals surface area contributed by atoms with Gasteiger partial charge in [0.25, 0.3) is 5.91 Å². The minimum atomic E-state index is -0.0651. The zero-order valence-corrected chi connectivity index (χ0v) is 17.8. The molecule has 0 saturated carbocycles. The Morgan fingerprint density at radius 3 is 2.37 bits per heavy atom. The maximum atomic E-state index is 12.8. The van der Waals surface area contributed by atoms with Gasteiger partial charge < -0.3 is 15.4 Å². The molecular weight excluding hydrogens is 406 g/mol. The number of hydrogen-bond acceptors (Lipinski definition) is 4. The lowest BCUT2D eigenvalue weighted by atomic mass is 9.79. The quantitative estimate of drug-likeness (QED) is 0.737. The first-order valence-corrected chi connectivity index (χ1v) is 9.91. The van der Waals surface area contributed by atoms with Gasteiger partial charge in [-0.15, -0.1) is 0 Å². The van der Waals surface area contributed by atoms with Crippen molar-refractivity contribution in [3.05, 3.63) is 52.8 Å². The Morgan fingerprint density at radius 2 is 1.78 bits per heavy atom.